The maximum Gasteiger partial charge on any atom is 0.0720 e. The lowest BCUT2D eigenvalue weighted by Gasteiger charge is -2.32. The third-order valence-electron chi connectivity index (χ3n) is 8.55. The normalized spacial score (nSPS) is 11.3. The van der Waals surface area contributed by atoms with Gasteiger partial charge in [-0.25, -0.2) is 0 Å². The van der Waals surface area contributed by atoms with E-state index in [0.717, 1.165) is 22.7 Å². The number of benzene rings is 7. The fourth-order valence-electron chi connectivity index (χ4n) is 6.41. The molecule has 1 aromatic heterocycles. The van der Waals surface area contributed by atoms with Gasteiger partial charge in [0.1, 0.15) is 0 Å². The number of para-hydroxylation sites is 2. The first-order chi connectivity index (χ1) is 22.2. The number of hydrogen-bond donors (Lipinski definition) is 0. The third-order valence-corrected chi connectivity index (χ3v) is 9.72. The zero-order valence-electron chi connectivity index (χ0n) is 25.3. The molecule has 1 heterocycles. The lowest BCUT2D eigenvalue weighted by molar-refractivity contribution is 1.29. The second-order valence-corrected chi connectivity index (χ2v) is 12.6. The predicted molar refractivity (Wildman–Crippen MR) is 196 cm³/mol. The van der Waals surface area contributed by atoms with E-state index in [1.54, 1.807) is 0 Å². The molecule has 0 bridgehead atoms. The molecule has 216 valence electrons. The first kappa shape index (κ1) is 27.2. The molecule has 0 saturated heterocycles. The number of thiophene rings is 1. The summed E-state index contributed by atoms with van der Waals surface area (Å²) >= 11 is 1.88. The van der Waals surface area contributed by atoms with Crippen molar-refractivity contribution in [1.29, 1.82) is 0 Å². The Morgan fingerprint density at radius 3 is 1.31 bits per heavy atom. The van der Waals surface area contributed by atoms with E-state index in [4.69, 9.17) is 0 Å². The van der Waals surface area contributed by atoms with Crippen LogP contribution in [0.5, 0.6) is 0 Å². The van der Waals surface area contributed by atoms with Gasteiger partial charge >= 0.3 is 0 Å². The van der Waals surface area contributed by atoms with Crippen LogP contribution in [0.2, 0.25) is 0 Å². The molecule has 7 aromatic carbocycles. The van der Waals surface area contributed by atoms with Crippen molar-refractivity contribution in [2.45, 2.75) is 13.8 Å². The quantitative estimate of drug-likeness (QED) is 0.176. The third kappa shape index (κ3) is 4.73. The SMILES string of the molecule is Cc1ccc(N(c2ccccc2)c2c3ccccc3c(N(c3ccccc3)c3ccc(C)cc3)c3c2sc2ccccc23)cc1. The van der Waals surface area contributed by atoms with Crippen molar-refractivity contribution in [3.05, 3.63) is 169 Å². The van der Waals surface area contributed by atoms with Crippen molar-refractivity contribution in [2.24, 2.45) is 0 Å². The summed E-state index contributed by atoms with van der Waals surface area (Å²) in [6.45, 7) is 4.29. The second kappa shape index (κ2) is 11.3. The monoisotopic (exact) mass is 596 g/mol. The molecule has 0 aliphatic carbocycles. The minimum atomic E-state index is 1.13. The Bertz CT molecular complexity index is 2270. The molecule has 0 aliphatic rings. The van der Waals surface area contributed by atoms with Gasteiger partial charge in [0.2, 0.25) is 0 Å². The van der Waals surface area contributed by atoms with Crippen molar-refractivity contribution in [3.8, 4) is 0 Å². The number of hydrogen-bond acceptors (Lipinski definition) is 3. The van der Waals surface area contributed by atoms with E-state index >= 15 is 0 Å². The maximum atomic E-state index is 2.45. The Hall–Kier alpha value is -5.38. The van der Waals surface area contributed by atoms with E-state index < -0.39 is 0 Å². The molecule has 0 fully saturated rings. The number of anilines is 6. The molecule has 2 nitrogen and oxygen atoms in total. The molecule has 0 amide bonds. The molecule has 8 rings (SSSR count). The van der Waals surface area contributed by atoms with Gasteiger partial charge in [0.05, 0.1) is 16.1 Å². The molecule has 8 aromatic rings. The van der Waals surface area contributed by atoms with Crippen molar-refractivity contribution in [3.63, 3.8) is 0 Å². The summed E-state index contributed by atoms with van der Waals surface area (Å²) in [6, 6.07) is 57.1. The highest BCUT2D eigenvalue weighted by atomic mass is 32.1. The summed E-state index contributed by atoms with van der Waals surface area (Å²) in [6.07, 6.45) is 0. The topological polar surface area (TPSA) is 6.48 Å². The molecule has 0 atom stereocenters. The Morgan fingerprint density at radius 1 is 0.378 bits per heavy atom. The Labute approximate surface area is 268 Å². The molecule has 0 spiro atoms. The Kier molecular flexibility index (Phi) is 6.81. The van der Waals surface area contributed by atoms with Gasteiger partial charge in [-0.2, -0.15) is 0 Å². The van der Waals surface area contributed by atoms with Crippen LogP contribution in [0.3, 0.4) is 0 Å². The fourth-order valence-corrected chi connectivity index (χ4v) is 7.66. The van der Waals surface area contributed by atoms with Gasteiger partial charge in [-0.3, -0.25) is 0 Å². The summed E-state index contributed by atoms with van der Waals surface area (Å²) in [5, 5.41) is 4.95. The number of fused-ring (bicyclic) bond motifs is 4. The molecule has 0 unspecified atom stereocenters. The van der Waals surface area contributed by atoms with Gasteiger partial charge in [0, 0.05) is 49.0 Å². The van der Waals surface area contributed by atoms with Crippen LogP contribution in [0.1, 0.15) is 11.1 Å². The van der Waals surface area contributed by atoms with Gasteiger partial charge in [-0.05, 0) is 68.4 Å². The first-order valence-electron chi connectivity index (χ1n) is 15.4. The number of rotatable bonds is 6. The molecule has 0 radical (unpaired) electrons. The van der Waals surface area contributed by atoms with Crippen molar-refractivity contribution >= 4 is 76.4 Å². The minimum absolute atomic E-state index is 1.13. The minimum Gasteiger partial charge on any atom is -0.309 e. The Morgan fingerprint density at radius 2 is 0.778 bits per heavy atom. The van der Waals surface area contributed by atoms with Crippen molar-refractivity contribution < 1.29 is 0 Å². The highest BCUT2D eigenvalue weighted by Gasteiger charge is 2.27. The van der Waals surface area contributed by atoms with Crippen LogP contribution in [0.15, 0.2) is 158 Å². The summed E-state index contributed by atoms with van der Waals surface area (Å²) in [5.41, 5.74) is 9.45. The average molecular weight is 597 g/mol. The largest absolute Gasteiger partial charge is 0.309 e. The molecule has 0 aliphatic heterocycles. The van der Waals surface area contributed by atoms with Crippen LogP contribution in [-0.2, 0) is 0 Å². The highest BCUT2D eigenvalue weighted by Crippen LogP contribution is 2.55. The smallest absolute Gasteiger partial charge is 0.0720 e. The summed E-state index contributed by atoms with van der Waals surface area (Å²) in [5.74, 6) is 0. The van der Waals surface area contributed by atoms with Crippen LogP contribution in [-0.4, -0.2) is 0 Å². The molecule has 3 heteroatoms. The van der Waals surface area contributed by atoms with Crippen LogP contribution >= 0.6 is 11.3 Å². The zero-order valence-corrected chi connectivity index (χ0v) is 26.1. The average Bonchev–Trinajstić information content (AvgIpc) is 3.47. The predicted octanol–water partition coefficient (Wildman–Crippen LogP) is 12.8. The number of aryl methyl sites for hydroxylation is 2. The van der Waals surface area contributed by atoms with E-state index in [1.807, 2.05) is 11.3 Å². The molecular weight excluding hydrogens is 565 g/mol. The maximum absolute atomic E-state index is 2.45. The van der Waals surface area contributed by atoms with Crippen LogP contribution in [0, 0.1) is 13.8 Å². The van der Waals surface area contributed by atoms with E-state index in [9.17, 15) is 0 Å². The van der Waals surface area contributed by atoms with Crippen LogP contribution in [0.25, 0.3) is 30.9 Å². The molecular formula is C42H32N2S. The fraction of sp³-hybridized carbons (Fsp3) is 0.0476. The summed E-state index contributed by atoms with van der Waals surface area (Å²) in [4.78, 5) is 4.90. The van der Waals surface area contributed by atoms with Gasteiger partial charge in [-0.15, -0.1) is 11.3 Å². The van der Waals surface area contributed by atoms with Gasteiger partial charge in [0.15, 0.2) is 0 Å². The first-order valence-corrected chi connectivity index (χ1v) is 16.2. The summed E-state index contributed by atoms with van der Waals surface area (Å²) < 4.78 is 2.54. The van der Waals surface area contributed by atoms with Crippen LogP contribution < -0.4 is 9.80 Å². The highest BCUT2D eigenvalue weighted by molar-refractivity contribution is 7.26. The van der Waals surface area contributed by atoms with E-state index in [0.29, 0.717) is 0 Å². The summed E-state index contributed by atoms with van der Waals surface area (Å²) in [7, 11) is 0. The van der Waals surface area contributed by atoms with Gasteiger partial charge in [-0.1, -0.05) is 114 Å². The lowest BCUT2D eigenvalue weighted by atomic mass is 9.97. The van der Waals surface area contributed by atoms with Gasteiger partial charge < -0.3 is 9.80 Å². The van der Waals surface area contributed by atoms with E-state index in [-0.39, 0.29) is 0 Å². The van der Waals surface area contributed by atoms with E-state index in [1.165, 1.54) is 53.4 Å². The molecule has 0 N–H and O–H groups in total. The van der Waals surface area contributed by atoms with Crippen molar-refractivity contribution in [1.82, 2.24) is 0 Å². The lowest BCUT2D eigenvalue weighted by Crippen LogP contribution is -2.14. The zero-order chi connectivity index (χ0) is 30.3. The standard InChI is InChI=1S/C42H32N2S/c1-29-21-25-33(26-22-29)43(31-13-5-3-6-14-31)40-35-17-9-10-18-36(35)41(42-39(40)37-19-11-12-20-38(37)45-42)44(32-15-7-4-8-16-32)34-27-23-30(2)24-28-34/h3-28H,1-2H3. The Balaban J connectivity index is 1.56. The number of nitrogens with zero attached hydrogens (tertiary/aromatic N) is 2. The molecule has 45 heavy (non-hydrogen) atoms. The van der Waals surface area contributed by atoms with Crippen molar-refractivity contribution in [2.75, 3.05) is 9.80 Å². The van der Waals surface area contributed by atoms with Crippen LogP contribution in [0.4, 0.5) is 34.1 Å². The molecule has 0 saturated carbocycles. The van der Waals surface area contributed by atoms with Gasteiger partial charge in [0.25, 0.3) is 0 Å². The second-order valence-electron chi connectivity index (χ2n) is 11.6. The van der Waals surface area contributed by atoms with E-state index in [2.05, 4.69) is 181 Å².